The first kappa shape index (κ1) is 17.1. The number of pyridine rings is 1. The number of benzene rings is 1. The Bertz CT molecular complexity index is 1000. The number of hydrogen-bond acceptors (Lipinski definition) is 7. The minimum absolute atomic E-state index is 0.00401. The molecule has 0 saturated carbocycles. The molecule has 2 aromatic heterocycles. The molecule has 10 heteroatoms. The average molecular weight is 376 g/mol. The van der Waals surface area contributed by atoms with Crippen LogP contribution < -0.4 is 4.72 Å². The van der Waals surface area contributed by atoms with Crippen molar-refractivity contribution in [3.8, 4) is 11.3 Å². The molecule has 3 rings (SSSR count). The van der Waals surface area contributed by atoms with Crippen LogP contribution in [0.4, 0.5) is 5.69 Å². The topological polar surface area (TPSA) is 115 Å². The number of thiazole rings is 1. The van der Waals surface area contributed by atoms with Crippen molar-refractivity contribution in [2.75, 3.05) is 0 Å². The summed E-state index contributed by atoms with van der Waals surface area (Å²) in [5.74, 6) is 0. The van der Waals surface area contributed by atoms with Gasteiger partial charge in [-0.3, -0.25) is 15.1 Å². The van der Waals surface area contributed by atoms with Crippen LogP contribution in [0.1, 0.15) is 5.01 Å². The molecule has 0 fully saturated rings. The molecule has 0 amide bonds. The Labute approximate surface area is 147 Å². The summed E-state index contributed by atoms with van der Waals surface area (Å²) in [4.78, 5) is 18.4. The number of nitrogens with one attached hydrogen (secondary N) is 1. The van der Waals surface area contributed by atoms with E-state index in [4.69, 9.17) is 0 Å². The third-order valence-electron chi connectivity index (χ3n) is 3.26. The van der Waals surface area contributed by atoms with Crippen LogP contribution in [0.3, 0.4) is 0 Å². The zero-order valence-electron chi connectivity index (χ0n) is 12.7. The lowest BCUT2D eigenvalue weighted by Gasteiger charge is -2.05. The number of non-ortho nitro benzene ring substituents is 1. The Morgan fingerprint density at radius 2 is 2.08 bits per heavy atom. The molecule has 8 nitrogen and oxygen atoms in total. The van der Waals surface area contributed by atoms with Crippen molar-refractivity contribution in [2.45, 2.75) is 11.4 Å². The molecule has 0 atom stereocenters. The van der Waals surface area contributed by atoms with Gasteiger partial charge < -0.3 is 0 Å². The first-order valence-corrected chi connectivity index (χ1v) is 9.41. The minimum atomic E-state index is -3.87. The number of hydrogen-bond donors (Lipinski definition) is 1. The Balaban J connectivity index is 1.74. The molecule has 128 valence electrons. The second-order valence-electron chi connectivity index (χ2n) is 4.95. The molecule has 1 N–H and O–H groups in total. The number of nitro groups is 1. The summed E-state index contributed by atoms with van der Waals surface area (Å²) in [6.07, 6.45) is 3.33. The maximum atomic E-state index is 12.3. The van der Waals surface area contributed by atoms with Crippen LogP contribution in [0.25, 0.3) is 11.3 Å². The molecule has 0 radical (unpaired) electrons. The summed E-state index contributed by atoms with van der Waals surface area (Å²) in [6, 6.07) is 8.54. The summed E-state index contributed by atoms with van der Waals surface area (Å²) in [6.45, 7) is -0.00401. The third kappa shape index (κ3) is 4.05. The quantitative estimate of drug-likeness (QED) is 0.522. The molecule has 0 saturated heterocycles. The van der Waals surface area contributed by atoms with Gasteiger partial charge in [0.25, 0.3) is 5.69 Å². The molecule has 25 heavy (non-hydrogen) atoms. The first-order valence-electron chi connectivity index (χ1n) is 7.04. The lowest BCUT2D eigenvalue weighted by molar-refractivity contribution is -0.385. The molecule has 0 aliphatic carbocycles. The standard InChI is InChI=1S/C15H12N4O4S2/c20-19(21)12-4-1-5-13(7-12)25(22,23)17-9-15-18-14(10-24-15)11-3-2-6-16-8-11/h1-8,10,17H,9H2. The Morgan fingerprint density at radius 1 is 1.24 bits per heavy atom. The zero-order valence-corrected chi connectivity index (χ0v) is 14.3. The van der Waals surface area contributed by atoms with Gasteiger partial charge in [-0.25, -0.2) is 18.1 Å². The van der Waals surface area contributed by atoms with E-state index in [9.17, 15) is 18.5 Å². The number of aromatic nitrogens is 2. The first-order chi connectivity index (χ1) is 12.0. The predicted octanol–water partition coefficient (Wildman–Crippen LogP) is 2.59. The van der Waals surface area contributed by atoms with Gasteiger partial charge in [-0.05, 0) is 18.2 Å². The summed E-state index contributed by atoms with van der Waals surface area (Å²) in [7, 11) is -3.87. The van der Waals surface area contributed by atoms with Crippen LogP contribution in [-0.2, 0) is 16.6 Å². The van der Waals surface area contributed by atoms with Crippen molar-refractivity contribution in [3.05, 3.63) is 69.3 Å². The number of sulfonamides is 1. The van der Waals surface area contributed by atoms with Gasteiger partial charge in [0.2, 0.25) is 10.0 Å². The third-order valence-corrected chi connectivity index (χ3v) is 5.51. The lowest BCUT2D eigenvalue weighted by atomic mass is 10.2. The van der Waals surface area contributed by atoms with Crippen molar-refractivity contribution in [1.82, 2.24) is 14.7 Å². The number of nitrogens with zero attached hydrogens (tertiary/aromatic N) is 3. The molecular formula is C15H12N4O4S2. The van der Waals surface area contributed by atoms with Crippen LogP contribution in [0.2, 0.25) is 0 Å². The van der Waals surface area contributed by atoms with Crippen molar-refractivity contribution >= 4 is 27.0 Å². The Morgan fingerprint density at radius 3 is 2.80 bits per heavy atom. The van der Waals surface area contributed by atoms with Crippen LogP contribution in [0.15, 0.2) is 59.1 Å². The highest BCUT2D eigenvalue weighted by Crippen LogP contribution is 2.22. The van der Waals surface area contributed by atoms with Crippen molar-refractivity contribution in [2.24, 2.45) is 0 Å². The van der Waals surface area contributed by atoms with Crippen LogP contribution >= 0.6 is 11.3 Å². The maximum absolute atomic E-state index is 12.3. The fraction of sp³-hybridized carbons (Fsp3) is 0.0667. The molecule has 2 heterocycles. The van der Waals surface area contributed by atoms with E-state index in [1.807, 2.05) is 11.4 Å². The van der Waals surface area contributed by atoms with Crippen molar-refractivity contribution in [3.63, 3.8) is 0 Å². The summed E-state index contributed by atoms with van der Waals surface area (Å²) >= 11 is 1.31. The van der Waals surface area contributed by atoms with Gasteiger partial charge in [-0.15, -0.1) is 11.3 Å². The molecule has 0 unspecified atom stereocenters. The van der Waals surface area contributed by atoms with E-state index in [0.717, 1.165) is 11.6 Å². The fourth-order valence-corrected chi connectivity index (χ4v) is 3.90. The van der Waals surface area contributed by atoms with Gasteiger partial charge in [0, 0.05) is 35.5 Å². The number of nitro benzene ring substituents is 1. The van der Waals surface area contributed by atoms with Gasteiger partial charge in [-0.2, -0.15) is 0 Å². The summed E-state index contributed by atoms with van der Waals surface area (Å²) in [5, 5.41) is 13.2. The fourth-order valence-electron chi connectivity index (χ4n) is 2.04. The van der Waals surface area contributed by atoms with E-state index in [0.29, 0.717) is 10.7 Å². The SMILES string of the molecule is O=[N+]([O-])c1cccc(S(=O)(=O)NCc2nc(-c3cccnc3)cs2)c1. The molecule has 0 spiro atoms. The highest BCUT2D eigenvalue weighted by Gasteiger charge is 2.18. The minimum Gasteiger partial charge on any atom is -0.264 e. The highest BCUT2D eigenvalue weighted by molar-refractivity contribution is 7.89. The average Bonchev–Trinajstić information content (AvgIpc) is 3.10. The molecule has 0 aliphatic heterocycles. The van der Waals surface area contributed by atoms with Gasteiger partial charge in [-0.1, -0.05) is 6.07 Å². The predicted molar refractivity (Wildman–Crippen MR) is 92.5 cm³/mol. The van der Waals surface area contributed by atoms with E-state index in [2.05, 4.69) is 14.7 Å². The van der Waals surface area contributed by atoms with Crippen LogP contribution in [-0.4, -0.2) is 23.3 Å². The second-order valence-corrected chi connectivity index (χ2v) is 7.66. The van der Waals surface area contributed by atoms with E-state index in [1.54, 1.807) is 18.5 Å². The molecule has 0 aliphatic rings. The van der Waals surface area contributed by atoms with Gasteiger partial charge in [0.15, 0.2) is 0 Å². The monoisotopic (exact) mass is 376 g/mol. The molecule has 3 aromatic rings. The zero-order chi connectivity index (χ0) is 17.9. The Hall–Kier alpha value is -2.69. The van der Waals surface area contributed by atoms with Crippen molar-refractivity contribution < 1.29 is 13.3 Å². The van der Waals surface area contributed by atoms with E-state index < -0.39 is 14.9 Å². The van der Waals surface area contributed by atoms with Crippen LogP contribution in [0, 0.1) is 10.1 Å². The van der Waals surface area contributed by atoms with Crippen molar-refractivity contribution in [1.29, 1.82) is 0 Å². The Kier molecular flexibility index (Phi) is 4.83. The lowest BCUT2D eigenvalue weighted by Crippen LogP contribution is -2.23. The largest absolute Gasteiger partial charge is 0.270 e. The molecule has 0 bridgehead atoms. The highest BCUT2D eigenvalue weighted by atomic mass is 32.2. The van der Waals surface area contributed by atoms with E-state index in [-0.39, 0.29) is 17.1 Å². The second kappa shape index (κ2) is 7.05. The molecule has 1 aromatic carbocycles. The van der Waals surface area contributed by atoms with Gasteiger partial charge in [0.05, 0.1) is 22.1 Å². The van der Waals surface area contributed by atoms with E-state index >= 15 is 0 Å². The van der Waals surface area contributed by atoms with Gasteiger partial charge >= 0.3 is 0 Å². The number of rotatable bonds is 6. The maximum Gasteiger partial charge on any atom is 0.270 e. The summed E-state index contributed by atoms with van der Waals surface area (Å²) < 4.78 is 27.0. The van der Waals surface area contributed by atoms with E-state index in [1.165, 1.54) is 29.5 Å². The molecular weight excluding hydrogens is 364 g/mol. The van der Waals surface area contributed by atoms with Crippen LogP contribution in [0.5, 0.6) is 0 Å². The normalized spacial score (nSPS) is 11.4. The smallest absolute Gasteiger partial charge is 0.264 e. The van der Waals surface area contributed by atoms with Gasteiger partial charge in [0.1, 0.15) is 5.01 Å². The summed E-state index contributed by atoms with van der Waals surface area (Å²) in [5.41, 5.74) is 1.27.